The van der Waals surface area contributed by atoms with Crippen molar-refractivity contribution in [3.8, 4) is 0 Å². The molecule has 3 N–H and O–H groups in total. The largest absolute Gasteiger partial charge is 0.370 e. The molecule has 5 aromatic rings. The van der Waals surface area contributed by atoms with E-state index in [0.29, 0.717) is 22.1 Å². The molecular formula is C39H37ClN4O4S. The predicted molar refractivity (Wildman–Crippen MR) is 196 cm³/mol. The number of halogens is 1. The summed E-state index contributed by atoms with van der Waals surface area (Å²) in [5, 5.41) is 6.54. The summed E-state index contributed by atoms with van der Waals surface area (Å²) in [5.74, 6) is -1.43. The highest BCUT2D eigenvalue weighted by Crippen LogP contribution is 2.33. The second-order valence-electron chi connectivity index (χ2n) is 12.0. The third-order valence-corrected chi connectivity index (χ3v) is 10.2. The first-order valence-electron chi connectivity index (χ1n) is 16.2. The Labute approximate surface area is 292 Å². The number of hydrogen-bond acceptors (Lipinski definition) is 5. The van der Waals surface area contributed by atoms with Crippen molar-refractivity contribution < 1.29 is 18.0 Å². The van der Waals surface area contributed by atoms with Crippen LogP contribution in [0.3, 0.4) is 0 Å². The van der Waals surface area contributed by atoms with Crippen LogP contribution in [0, 0.1) is 0 Å². The fourth-order valence-corrected chi connectivity index (χ4v) is 7.28. The number of rotatable bonds is 12. The van der Waals surface area contributed by atoms with Crippen LogP contribution >= 0.6 is 11.6 Å². The maximum absolute atomic E-state index is 14.3. The maximum Gasteiger partial charge on any atom is 0.261 e. The Morgan fingerprint density at radius 1 is 0.714 bits per heavy atom. The number of sulfonamides is 1. The average Bonchev–Trinajstić information content (AvgIpc) is 3.65. The molecule has 1 fully saturated rings. The Morgan fingerprint density at radius 2 is 1.29 bits per heavy atom. The molecule has 2 amide bonds. The summed E-state index contributed by atoms with van der Waals surface area (Å²) in [6.07, 6.45) is 2.20. The van der Waals surface area contributed by atoms with Crippen LogP contribution in [0.1, 0.15) is 35.4 Å². The van der Waals surface area contributed by atoms with Crippen molar-refractivity contribution in [3.05, 3.63) is 155 Å². The van der Waals surface area contributed by atoms with Crippen LogP contribution in [0.5, 0.6) is 0 Å². The second kappa shape index (κ2) is 15.4. The van der Waals surface area contributed by atoms with E-state index in [-0.39, 0.29) is 17.2 Å². The van der Waals surface area contributed by atoms with Gasteiger partial charge in [-0.1, -0.05) is 103 Å². The van der Waals surface area contributed by atoms with E-state index in [1.165, 1.54) is 12.1 Å². The van der Waals surface area contributed by atoms with E-state index in [9.17, 15) is 18.0 Å². The molecule has 1 atom stereocenters. The highest BCUT2D eigenvalue weighted by Gasteiger charge is 2.30. The number of carbonyl (C=O) groups excluding carboxylic acids is 2. The number of amides is 2. The number of anilines is 3. The van der Waals surface area contributed by atoms with Gasteiger partial charge in [-0.2, -0.15) is 0 Å². The lowest BCUT2D eigenvalue weighted by Gasteiger charge is -2.26. The van der Waals surface area contributed by atoms with Crippen LogP contribution in [-0.4, -0.2) is 39.4 Å². The zero-order valence-electron chi connectivity index (χ0n) is 26.8. The fourth-order valence-electron chi connectivity index (χ4n) is 6.07. The summed E-state index contributed by atoms with van der Waals surface area (Å²) in [7, 11) is -4.02. The lowest BCUT2D eigenvalue weighted by atomic mass is 9.90. The zero-order valence-corrected chi connectivity index (χ0v) is 28.3. The zero-order chi connectivity index (χ0) is 34.2. The summed E-state index contributed by atoms with van der Waals surface area (Å²) in [5.41, 5.74) is 3.88. The lowest BCUT2D eigenvalue weighted by Crippen LogP contribution is -2.47. The van der Waals surface area contributed by atoms with Crippen LogP contribution < -0.4 is 20.3 Å². The highest BCUT2D eigenvalue weighted by molar-refractivity contribution is 7.92. The number of nitrogens with zero attached hydrogens (tertiary/aromatic N) is 1. The molecule has 6 rings (SSSR count). The van der Waals surface area contributed by atoms with Gasteiger partial charge in [0, 0.05) is 30.2 Å². The van der Waals surface area contributed by atoms with Crippen LogP contribution in [0.2, 0.25) is 5.02 Å². The summed E-state index contributed by atoms with van der Waals surface area (Å²) in [6.45, 7) is 1.55. The standard InChI is InChI=1S/C39H37ClN4O4S/c40-31-18-20-32(21-19-31)43-49(47,48)33-22-23-36(44-24-10-11-25-44)34(27-33)41-38(45)35(26-28-12-4-1-5-13-28)42-39(46)37(29-14-6-2-7-15-29)30-16-8-3-9-17-30/h1-9,12-23,27,35,37,43H,10-11,24-26H2,(H,41,45)(H,42,46)/t35-/m1/s1. The smallest absolute Gasteiger partial charge is 0.261 e. The van der Waals surface area contributed by atoms with Crippen LogP contribution in [0.4, 0.5) is 17.1 Å². The third kappa shape index (κ3) is 8.49. The molecule has 1 saturated heterocycles. The van der Waals surface area contributed by atoms with Gasteiger partial charge >= 0.3 is 0 Å². The monoisotopic (exact) mass is 692 g/mol. The molecule has 0 aliphatic carbocycles. The fraction of sp³-hybridized carbons (Fsp3) is 0.179. The van der Waals surface area contributed by atoms with E-state index in [1.807, 2.05) is 91.0 Å². The van der Waals surface area contributed by atoms with Gasteiger partial charge in [0.15, 0.2) is 0 Å². The summed E-state index contributed by atoms with van der Waals surface area (Å²) in [4.78, 5) is 30.6. The molecule has 1 aliphatic heterocycles. The number of hydrogen-bond donors (Lipinski definition) is 3. The molecule has 1 heterocycles. The van der Waals surface area contributed by atoms with Gasteiger partial charge in [-0.05, 0) is 72.0 Å². The van der Waals surface area contributed by atoms with E-state index < -0.39 is 27.9 Å². The Morgan fingerprint density at radius 3 is 1.88 bits per heavy atom. The predicted octanol–water partition coefficient (Wildman–Crippen LogP) is 7.24. The van der Waals surface area contributed by atoms with Crippen molar-refractivity contribution in [1.29, 1.82) is 0 Å². The minimum absolute atomic E-state index is 0.0161. The first-order chi connectivity index (χ1) is 23.8. The number of carbonyl (C=O) groups is 2. The van der Waals surface area contributed by atoms with Gasteiger partial charge in [0.1, 0.15) is 6.04 Å². The van der Waals surface area contributed by atoms with Crippen molar-refractivity contribution in [2.75, 3.05) is 28.0 Å². The Hall–Kier alpha value is -5.12. The van der Waals surface area contributed by atoms with Crippen molar-refractivity contribution in [2.45, 2.75) is 36.1 Å². The normalized spacial score (nSPS) is 13.6. The second-order valence-corrected chi connectivity index (χ2v) is 14.1. The molecule has 0 spiro atoms. The molecule has 250 valence electrons. The van der Waals surface area contributed by atoms with Crippen molar-refractivity contribution in [2.24, 2.45) is 0 Å². The van der Waals surface area contributed by atoms with E-state index in [2.05, 4.69) is 20.3 Å². The first-order valence-corrected chi connectivity index (χ1v) is 18.1. The molecule has 8 nitrogen and oxygen atoms in total. The van der Waals surface area contributed by atoms with Gasteiger partial charge in [0.2, 0.25) is 11.8 Å². The van der Waals surface area contributed by atoms with Gasteiger partial charge in [-0.3, -0.25) is 14.3 Å². The summed E-state index contributed by atoms with van der Waals surface area (Å²) >= 11 is 5.99. The minimum Gasteiger partial charge on any atom is -0.370 e. The maximum atomic E-state index is 14.3. The number of benzene rings is 5. The Kier molecular flexibility index (Phi) is 10.6. The van der Waals surface area contributed by atoms with E-state index >= 15 is 0 Å². The van der Waals surface area contributed by atoms with Gasteiger partial charge in [-0.15, -0.1) is 0 Å². The van der Waals surface area contributed by atoms with E-state index in [1.54, 1.807) is 30.3 Å². The van der Waals surface area contributed by atoms with Gasteiger partial charge in [0.05, 0.1) is 22.2 Å². The van der Waals surface area contributed by atoms with E-state index in [0.717, 1.165) is 42.6 Å². The number of nitrogens with one attached hydrogen (secondary N) is 3. The third-order valence-electron chi connectivity index (χ3n) is 8.52. The van der Waals surface area contributed by atoms with Gasteiger partial charge < -0.3 is 15.5 Å². The average molecular weight is 693 g/mol. The first kappa shape index (κ1) is 33.8. The van der Waals surface area contributed by atoms with Crippen LogP contribution in [0.25, 0.3) is 0 Å². The molecule has 0 saturated carbocycles. The SMILES string of the molecule is O=C(N[C@H](Cc1ccccc1)C(=O)Nc1cc(S(=O)(=O)Nc2ccc(Cl)cc2)ccc1N1CCCC1)C(c1ccccc1)c1ccccc1. The van der Waals surface area contributed by atoms with E-state index in [4.69, 9.17) is 11.6 Å². The lowest BCUT2D eigenvalue weighted by molar-refractivity contribution is -0.126. The van der Waals surface area contributed by atoms with Gasteiger partial charge in [0.25, 0.3) is 10.0 Å². The molecule has 49 heavy (non-hydrogen) atoms. The van der Waals surface area contributed by atoms with Crippen molar-refractivity contribution >= 4 is 50.5 Å². The van der Waals surface area contributed by atoms with Crippen LogP contribution in [0.15, 0.2) is 138 Å². The van der Waals surface area contributed by atoms with Crippen molar-refractivity contribution in [1.82, 2.24) is 5.32 Å². The molecular weight excluding hydrogens is 656 g/mol. The topological polar surface area (TPSA) is 108 Å². The highest BCUT2D eigenvalue weighted by atomic mass is 35.5. The summed E-state index contributed by atoms with van der Waals surface area (Å²) < 4.78 is 29.6. The molecule has 1 aliphatic rings. The minimum atomic E-state index is -4.02. The molecule has 0 bridgehead atoms. The van der Waals surface area contributed by atoms with Crippen molar-refractivity contribution in [3.63, 3.8) is 0 Å². The molecule has 0 aromatic heterocycles. The Bertz CT molecular complexity index is 1950. The molecule has 10 heteroatoms. The molecule has 0 radical (unpaired) electrons. The Balaban J connectivity index is 1.32. The van der Waals surface area contributed by atoms with Crippen LogP contribution in [-0.2, 0) is 26.0 Å². The molecule has 5 aromatic carbocycles. The quantitative estimate of drug-likeness (QED) is 0.128. The summed E-state index contributed by atoms with van der Waals surface area (Å²) in [6, 6.07) is 38.5. The molecule has 0 unspecified atom stereocenters. The van der Waals surface area contributed by atoms with Gasteiger partial charge in [-0.25, -0.2) is 8.42 Å².